The minimum Gasteiger partial charge on any atom is -0.370 e. The Hall–Kier alpha value is -2.63. The molecular formula is C15H17N5O. The molecule has 0 bridgehead atoms. The first-order valence-electron chi connectivity index (χ1n) is 6.99. The van der Waals surface area contributed by atoms with Gasteiger partial charge in [-0.25, -0.2) is 9.50 Å². The molecule has 0 aliphatic heterocycles. The molecule has 6 heteroatoms. The van der Waals surface area contributed by atoms with E-state index in [4.69, 9.17) is 0 Å². The van der Waals surface area contributed by atoms with Gasteiger partial charge in [-0.2, -0.15) is 5.10 Å². The maximum Gasteiger partial charge on any atom is 0.276 e. The van der Waals surface area contributed by atoms with Gasteiger partial charge >= 0.3 is 0 Å². The molecule has 3 rings (SSSR count). The van der Waals surface area contributed by atoms with E-state index in [1.165, 1.54) is 0 Å². The predicted octanol–water partition coefficient (Wildman–Crippen LogP) is 1.76. The fourth-order valence-corrected chi connectivity index (χ4v) is 2.16. The zero-order valence-corrected chi connectivity index (χ0v) is 11.9. The minimum absolute atomic E-state index is 0.0526. The second-order valence-corrected chi connectivity index (χ2v) is 4.87. The lowest BCUT2D eigenvalue weighted by atomic mass is 10.2. The van der Waals surface area contributed by atoms with E-state index in [9.17, 15) is 4.79 Å². The van der Waals surface area contributed by atoms with Crippen LogP contribution >= 0.6 is 0 Å². The van der Waals surface area contributed by atoms with Gasteiger partial charge in [0.15, 0.2) is 0 Å². The van der Waals surface area contributed by atoms with E-state index in [0.717, 1.165) is 24.3 Å². The van der Waals surface area contributed by atoms with Crippen LogP contribution in [0.1, 0.15) is 18.9 Å². The Morgan fingerprint density at radius 1 is 1.24 bits per heavy atom. The predicted molar refractivity (Wildman–Crippen MR) is 81.6 cm³/mol. The number of nitrogens with zero attached hydrogens (tertiary/aromatic N) is 4. The lowest BCUT2D eigenvalue weighted by Crippen LogP contribution is -2.21. The SMILES string of the molecule is CCCNc1ccc(Cn2ccn3nccc3c2=O)cn1. The standard InChI is InChI=1S/C15H17N5O/c1-2-6-16-14-4-3-12(10-17-14)11-19-8-9-20-13(15(19)21)5-7-18-20/h3-5,7-10H,2,6,11H2,1H3,(H,16,17). The quantitative estimate of drug-likeness (QED) is 0.775. The van der Waals surface area contributed by atoms with E-state index in [-0.39, 0.29) is 5.56 Å². The molecule has 0 aliphatic carbocycles. The van der Waals surface area contributed by atoms with Crippen LogP contribution in [0.4, 0.5) is 5.82 Å². The largest absolute Gasteiger partial charge is 0.370 e. The Balaban J connectivity index is 1.81. The number of nitrogens with one attached hydrogen (secondary N) is 1. The number of rotatable bonds is 5. The minimum atomic E-state index is -0.0526. The summed E-state index contributed by atoms with van der Waals surface area (Å²) in [5.74, 6) is 0.860. The number of pyridine rings is 1. The molecule has 0 saturated carbocycles. The first-order valence-corrected chi connectivity index (χ1v) is 6.99. The van der Waals surface area contributed by atoms with Crippen molar-refractivity contribution in [2.24, 2.45) is 0 Å². The maximum absolute atomic E-state index is 12.3. The molecule has 0 unspecified atom stereocenters. The van der Waals surface area contributed by atoms with Crippen LogP contribution in [-0.4, -0.2) is 25.7 Å². The van der Waals surface area contributed by atoms with Crippen LogP contribution < -0.4 is 10.9 Å². The van der Waals surface area contributed by atoms with Gasteiger partial charge < -0.3 is 9.88 Å². The highest BCUT2D eigenvalue weighted by molar-refractivity contribution is 5.42. The summed E-state index contributed by atoms with van der Waals surface area (Å²) in [4.78, 5) is 16.6. The topological polar surface area (TPSA) is 64.2 Å². The van der Waals surface area contributed by atoms with Gasteiger partial charge in [0, 0.05) is 25.1 Å². The van der Waals surface area contributed by atoms with E-state index >= 15 is 0 Å². The van der Waals surface area contributed by atoms with Gasteiger partial charge in [-0.15, -0.1) is 0 Å². The molecule has 0 saturated heterocycles. The van der Waals surface area contributed by atoms with Crippen molar-refractivity contribution in [1.82, 2.24) is 19.2 Å². The van der Waals surface area contributed by atoms with Crippen molar-refractivity contribution in [3.05, 3.63) is 58.9 Å². The summed E-state index contributed by atoms with van der Waals surface area (Å²) in [6.45, 7) is 3.52. The summed E-state index contributed by atoms with van der Waals surface area (Å²) in [5, 5.41) is 7.28. The Morgan fingerprint density at radius 2 is 2.14 bits per heavy atom. The average molecular weight is 283 g/mol. The molecule has 6 nitrogen and oxygen atoms in total. The molecular weight excluding hydrogens is 266 g/mol. The lowest BCUT2D eigenvalue weighted by molar-refractivity contribution is 0.740. The number of anilines is 1. The molecule has 0 aliphatic rings. The fraction of sp³-hybridized carbons (Fsp3) is 0.267. The molecule has 0 amide bonds. The first kappa shape index (κ1) is 13.4. The van der Waals surface area contributed by atoms with Gasteiger partial charge in [0.1, 0.15) is 11.3 Å². The summed E-state index contributed by atoms with van der Waals surface area (Å²) in [5.41, 5.74) is 1.51. The highest BCUT2D eigenvalue weighted by atomic mass is 16.1. The lowest BCUT2D eigenvalue weighted by Gasteiger charge is -2.07. The van der Waals surface area contributed by atoms with Gasteiger partial charge in [-0.3, -0.25) is 4.79 Å². The summed E-state index contributed by atoms with van der Waals surface area (Å²) in [6, 6.07) is 5.64. The van der Waals surface area contributed by atoms with Crippen LogP contribution in [0.15, 0.2) is 47.8 Å². The van der Waals surface area contributed by atoms with Gasteiger partial charge in [-0.1, -0.05) is 13.0 Å². The Morgan fingerprint density at radius 3 is 2.90 bits per heavy atom. The van der Waals surface area contributed by atoms with Crippen LogP contribution in [0.2, 0.25) is 0 Å². The zero-order chi connectivity index (χ0) is 14.7. The van der Waals surface area contributed by atoms with Gasteiger partial charge in [0.2, 0.25) is 0 Å². The second kappa shape index (κ2) is 5.78. The molecule has 0 spiro atoms. The molecule has 3 aromatic heterocycles. The third-order valence-electron chi connectivity index (χ3n) is 3.27. The maximum atomic E-state index is 12.3. The van der Waals surface area contributed by atoms with Crippen molar-refractivity contribution >= 4 is 11.3 Å². The van der Waals surface area contributed by atoms with Crippen molar-refractivity contribution in [3.63, 3.8) is 0 Å². The number of aromatic nitrogens is 4. The third kappa shape index (κ3) is 2.79. The third-order valence-corrected chi connectivity index (χ3v) is 3.27. The first-order chi connectivity index (χ1) is 10.3. The molecule has 3 heterocycles. The zero-order valence-electron chi connectivity index (χ0n) is 11.9. The summed E-state index contributed by atoms with van der Waals surface area (Å²) in [7, 11) is 0. The van der Waals surface area contributed by atoms with Crippen LogP contribution in [-0.2, 0) is 6.54 Å². The average Bonchev–Trinajstić information content (AvgIpc) is 2.99. The van der Waals surface area contributed by atoms with E-state index in [1.807, 2.05) is 12.1 Å². The Kier molecular flexibility index (Phi) is 3.68. The number of hydrogen-bond donors (Lipinski definition) is 1. The molecule has 21 heavy (non-hydrogen) atoms. The van der Waals surface area contributed by atoms with Crippen LogP contribution in [0, 0.1) is 0 Å². The van der Waals surface area contributed by atoms with E-state index in [2.05, 4.69) is 22.3 Å². The Labute approximate surface area is 122 Å². The number of fused-ring (bicyclic) bond motifs is 1. The smallest absolute Gasteiger partial charge is 0.276 e. The van der Waals surface area contributed by atoms with Crippen molar-refractivity contribution in [1.29, 1.82) is 0 Å². The highest BCUT2D eigenvalue weighted by Gasteiger charge is 2.04. The van der Waals surface area contributed by atoms with Crippen molar-refractivity contribution < 1.29 is 0 Å². The van der Waals surface area contributed by atoms with Gasteiger partial charge in [0.25, 0.3) is 5.56 Å². The van der Waals surface area contributed by atoms with Crippen LogP contribution in [0.25, 0.3) is 5.52 Å². The van der Waals surface area contributed by atoms with Crippen molar-refractivity contribution in [2.45, 2.75) is 19.9 Å². The molecule has 108 valence electrons. The molecule has 0 atom stereocenters. The van der Waals surface area contributed by atoms with E-state index < -0.39 is 0 Å². The van der Waals surface area contributed by atoms with Gasteiger partial charge in [-0.05, 0) is 24.1 Å². The van der Waals surface area contributed by atoms with Crippen molar-refractivity contribution in [2.75, 3.05) is 11.9 Å². The molecule has 1 N–H and O–H groups in total. The van der Waals surface area contributed by atoms with Crippen molar-refractivity contribution in [3.8, 4) is 0 Å². The van der Waals surface area contributed by atoms with E-state index in [0.29, 0.717) is 12.1 Å². The summed E-state index contributed by atoms with van der Waals surface area (Å²) in [6.07, 6.45) is 8.00. The Bertz CT molecular complexity index is 788. The summed E-state index contributed by atoms with van der Waals surface area (Å²) >= 11 is 0. The molecule has 0 aromatic carbocycles. The molecule has 3 aromatic rings. The highest BCUT2D eigenvalue weighted by Crippen LogP contribution is 2.06. The van der Waals surface area contributed by atoms with Crippen LogP contribution in [0.5, 0.6) is 0 Å². The van der Waals surface area contributed by atoms with Gasteiger partial charge in [0.05, 0.1) is 12.7 Å². The molecule has 0 radical (unpaired) electrons. The monoisotopic (exact) mass is 283 g/mol. The second-order valence-electron chi connectivity index (χ2n) is 4.87. The van der Waals surface area contributed by atoms with E-state index in [1.54, 1.807) is 39.9 Å². The normalized spacial score (nSPS) is 10.9. The summed E-state index contributed by atoms with van der Waals surface area (Å²) < 4.78 is 3.24. The number of hydrogen-bond acceptors (Lipinski definition) is 4. The van der Waals surface area contributed by atoms with Crippen LogP contribution in [0.3, 0.4) is 0 Å². The fourth-order valence-electron chi connectivity index (χ4n) is 2.16. The molecule has 0 fully saturated rings.